The van der Waals surface area contributed by atoms with Gasteiger partial charge in [-0.15, -0.1) is 0 Å². The molecule has 19 heavy (non-hydrogen) atoms. The number of hydrogen-bond acceptors (Lipinski definition) is 3. The standard InChI is InChI=1S/C16H20N2O/c17-9-8-16(19)15-5-1-3-13(11-15)6-7-14-4-2-10-18-12-14/h1-5,10-12,16,19H,6-9,17H2. The van der Waals surface area contributed by atoms with E-state index >= 15 is 0 Å². The fourth-order valence-electron chi connectivity index (χ4n) is 2.12. The van der Waals surface area contributed by atoms with E-state index in [1.54, 1.807) is 6.20 Å². The number of nitrogens with two attached hydrogens (primary N) is 1. The number of rotatable bonds is 6. The van der Waals surface area contributed by atoms with Gasteiger partial charge in [-0.1, -0.05) is 30.3 Å². The summed E-state index contributed by atoms with van der Waals surface area (Å²) in [4.78, 5) is 4.11. The third-order valence-corrected chi connectivity index (χ3v) is 3.20. The van der Waals surface area contributed by atoms with Crippen LogP contribution in [0.25, 0.3) is 0 Å². The normalized spacial score (nSPS) is 12.3. The van der Waals surface area contributed by atoms with Crippen molar-refractivity contribution in [2.75, 3.05) is 6.54 Å². The third kappa shape index (κ3) is 4.16. The summed E-state index contributed by atoms with van der Waals surface area (Å²) in [6, 6.07) is 12.1. The zero-order chi connectivity index (χ0) is 13.5. The lowest BCUT2D eigenvalue weighted by Gasteiger charge is -2.11. The molecule has 0 saturated heterocycles. The number of benzene rings is 1. The fraction of sp³-hybridized carbons (Fsp3) is 0.312. The molecule has 2 rings (SSSR count). The smallest absolute Gasteiger partial charge is 0.0802 e. The van der Waals surface area contributed by atoms with Crippen LogP contribution in [0.15, 0.2) is 48.8 Å². The zero-order valence-corrected chi connectivity index (χ0v) is 11.0. The summed E-state index contributed by atoms with van der Waals surface area (Å²) in [7, 11) is 0. The minimum atomic E-state index is -0.455. The van der Waals surface area contributed by atoms with E-state index in [1.807, 2.05) is 24.4 Å². The van der Waals surface area contributed by atoms with E-state index in [0.29, 0.717) is 13.0 Å². The van der Waals surface area contributed by atoms with Gasteiger partial charge in [0.15, 0.2) is 0 Å². The molecule has 1 heterocycles. The van der Waals surface area contributed by atoms with Crippen LogP contribution in [0.2, 0.25) is 0 Å². The first kappa shape index (κ1) is 13.7. The molecule has 1 unspecified atom stereocenters. The molecule has 0 bridgehead atoms. The molecule has 0 fully saturated rings. The Labute approximate surface area is 114 Å². The zero-order valence-electron chi connectivity index (χ0n) is 11.0. The summed E-state index contributed by atoms with van der Waals surface area (Å²) in [5.74, 6) is 0. The molecule has 3 nitrogen and oxygen atoms in total. The van der Waals surface area contributed by atoms with Crippen molar-refractivity contribution < 1.29 is 5.11 Å². The van der Waals surface area contributed by atoms with Crippen LogP contribution in [0.3, 0.4) is 0 Å². The van der Waals surface area contributed by atoms with Gasteiger partial charge < -0.3 is 10.8 Å². The van der Waals surface area contributed by atoms with Gasteiger partial charge in [-0.2, -0.15) is 0 Å². The van der Waals surface area contributed by atoms with Crippen molar-refractivity contribution in [3.05, 3.63) is 65.5 Å². The Morgan fingerprint density at radius 2 is 1.89 bits per heavy atom. The quantitative estimate of drug-likeness (QED) is 0.833. The van der Waals surface area contributed by atoms with E-state index in [4.69, 9.17) is 5.73 Å². The summed E-state index contributed by atoms with van der Waals surface area (Å²) in [6.07, 6.45) is 5.74. The van der Waals surface area contributed by atoms with Gasteiger partial charge >= 0.3 is 0 Å². The van der Waals surface area contributed by atoms with E-state index in [1.165, 1.54) is 11.1 Å². The van der Waals surface area contributed by atoms with Crippen LogP contribution in [0.1, 0.15) is 29.2 Å². The van der Waals surface area contributed by atoms with Crippen molar-refractivity contribution in [3.8, 4) is 0 Å². The Balaban J connectivity index is 1.99. The number of aryl methyl sites for hydroxylation is 2. The lowest BCUT2D eigenvalue weighted by molar-refractivity contribution is 0.170. The molecular formula is C16H20N2O. The van der Waals surface area contributed by atoms with Gasteiger partial charge in [-0.25, -0.2) is 0 Å². The Kier molecular flexibility index (Phi) is 5.07. The van der Waals surface area contributed by atoms with E-state index in [9.17, 15) is 5.11 Å². The van der Waals surface area contributed by atoms with Crippen molar-refractivity contribution in [2.24, 2.45) is 5.73 Å². The summed E-state index contributed by atoms with van der Waals surface area (Å²) in [5, 5.41) is 9.94. The van der Waals surface area contributed by atoms with Crippen LogP contribution in [-0.4, -0.2) is 16.6 Å². The van der Waals surface area contributed by atoms with Gasteiger partial charge in [0, 0.05) is 12.4 Å². The van der Waals surface area contributed by atoms with Crippen molar-refractivity contribution in [1.29, 1.82) is 0 Å². The molecule has 0 spiro atoms. The first-order valence-electron chi connectivity index (χ1n) is 6.65. The van der Waals surface area contributed by atoms with Crippen LogP contribution in [0, 0.1) is 0 Å². The highest BCUT2D eigenvalue weighted by Gasteiger charge is 2.06. The fourth-order valence-corrected chi connectivity index (χ4v) is 2.12. The van der Waals surface area contributed by atoms with Crippen molar-refractivity contribution in [1.82, 2.24) is 4.98 Å². The molecule has 3 heteroatoms. The lowest BCUT2D eigenvalue weighted by atomic mass is 10.00. The number of aliphatic hydroxyl groups excluding tert-OH is 1. The maximum absolute atomic E-state index is 9.94. The second-order valence-electron chi connectivity index (χ2n) is 4.70. The van der Waals surface area contributed by atoms with Gasteiger partial charge in [0.05, 0.1) is 6.10 Å². The number of hydrogen-bond donors (Lipinski definition) is 2. The van der Waals surface area contributed by atoms with Gasteiger partial charge in [-0.3, -0.25) is 4.98 Å². The molecule has 0 radical (unpaired) electrons. The van der Waals surface area contributed by atoms with Gasteiger partial charge in [0.2, 0.25) is 0 Å². The average Bonchev–Trinajstić information content (AvgIpc) is 2.47. The topological polar surface area (TPSA) is 59.1 Å². The number of aliphatic hydroxyl groups is 1. The Bertz CT molecular complexity index is 499. The maximum atomic E-state index is 9.94. The van der Waals surface area contributed by atoms with Crippen LogP contribution in [0.5, 0.6) is 0 Å². The number of aromatic nitrogens is 1. The number of nitrogens with zero attached hydrogens (tertiary/aromatic N) is 1. The average molecular weight is 256 g/mol. The molecule has 0 amide bonds. The van der Waals surface area contributed by atoms with Crippen molar-refractivity contribution in [2.45, 2.75) is 25.4 Å². The largest absolute Gasteiger partial charge is 0.388 e. The number of pyridine rings is 1. The molecule has 1 aromatic heterocycles. The maximum Gasteiger partial charge on any atom is 0.0802 e. The highest BCUT2D eigenvalue weighted by atomic mass is 16.3. The van der Waals surface area contributed by atoms with Crippen molar-refractivity contribution in [3.63, 3.8) is 0 Å². The van der Waals surface area contributed by atoms with Crippen LogP contribution in [0.4, 0.5) is 0 Å². The first-order valence-corrected chi connectivity index (χ1v) is 6.65. The molecule has 0 saturated carbocycles. The summed E-state index contributed by atoms with van der Waals surface area (Å²) in [5.41, 5.74) is 8.89. The van der Waals surface area contributed by atoms with Gasteiger partial charge in [0.25, 0.3) is 0 Å². The second kappa shape index (κ2) is 7.02. The lowest BCUT2D eigenvalue weighted by Crippen LogP contribution is -2.07. The van der Waals surface area contributed by atoms with Crippen LogP contribution < -0.4 is 5.73 Å². The van der Waals surface area contributed by atoms with Crippen LogP contribution >= 0.6 is 0 Å². The van der Waals surface area contributed by atoms with E-state index in [-0.39, 0.29) is 0 Å². The monoisotopic (exact) mass is 256 g/mol. The Hall–Kier alpha value is -1.71. The minimum Gasteiger partial charge on any atom is -0.388 e. The molecule has 2 aromatic rings. The molecule has 0 aliphatic heterocycles. The molecule has 0 aliphatic rings. The van der Waals surface area contributed by atoms with E-state index in [0.717, 1.165) is 18.4 Å². The molecule has 100 valence electrons. The molecule has 0 aliphatic carbocycles. The molecule has 3 N–H and O–H groups in total. The Morgan fingerprint density at radius 3 is 2.63 bits per heavy atom. The summed E-state index contributed by atoms with van der Waals surface area (Å²) in [6.45, 7) is 0.501. The molecule has 1 atom stereocenters. The highest BCUT2D eigenvalue weighted by Crippen LogP contribution is 2.18. The van der Waals surface area contributed by atoms with Gasteiger partial charge in [0.1, 0.15) is 0 Å². The highest BCUT2D eigenvalue weighted by molar-refractivity contribution is 5.26. The SMILES string of the molecule is NCCC(O)c1cccc(CCc2cccnc2)c1. The van der Waals surface area contributed by atoms with Crippen LogP contribution in [-0.2, 0) is 12.8 Å². The molecule has 1 aromatic carbocycles. The summed E-state index contributed by atoms with van der Waals surface area (Å²) < 4.78 is 0. The summed E-state index contributed by atoms with van der Waals surface area (Å²) >= 11 is 0. The predicted octanol–water partition coefficient (Wildman–Crippen LogP) is 2.25. The van der Waals surface area contributed by atoms with E-state index < -0.39 is 6.10 Å². The van der Waals surface area contributed by atoms with E-state index in [2.05, 4.69) is 23.2 Å². The molecular weight excluding hydrogens is 236 g/mol. The van der Waals surface area contributed by atoms with Gasteiger partial charge in [-0.05, 0) is 48.6 Å². The van der Waals surface area contributed by atoms with Crippen molar-refractivity contribution >= 4 is 0 Å². The Morgan fingerprint density at radius 1 is 1.11 bits per heavy atom. The first-order chi connectivity index (χ1) is 9.29. The third-order valence-electron chi connectivity index (χ3n) is 3.20. The predicted molar refractivity (Wildman–Crippen MR) is 76.7 cm³/mol. The second-order valence-corrected chi connectivity index (χ2v) is 4.70. The minimum absolute atomic E-state index is 0.455.